The van der Waals surface area contributed by atoms with E-state index in [9.17, 15) is 9.18 Å². The number of ether oxygens (including phenoxy) is 1. The van der Waals surface area contributed by atoms with E-state index in [1.165, 1.54) is 19.2 Å². The number of esters is 1. The molecule has 2 aromatic rings. The summed E-state index contributed by atoms with van der Waals surface area (Å²) < 4.78 is 17.7. The zero-order chi connectivity index (χ0) is 15.8. The summed E-state index contributed by atoms with van der Waals surface area (Å²) in [6, 6.07) is 15.7. The second kappa shape index (κ2) is 7.98. The van der Waals surface area contributed by atoms with E-state index in [4.69, 9.17) is 4.74 Å². The maximum absolute atomic E-state index is 12.9. The minimum absolute atomic E-state index is 0.303. The van der Waals surface area contributed by atoms with Crippen LogP contribution in [0.4, 0.5) is 10.1 Å². The van der Waals surface area contributed by atoms with Crippen LogP contribution in [0.15, 0.2) is 60.2 Å². The first-order valence-electron chi connectivity index (χ1n) is 7.02. The SMILES string of the molecule is COC(=O)/C(=C/c1ccc(F)cc1)CCNc1ccccc1. The maximum Gasteiger partial charge on any atom is 0.333 e. The molecule has 3 nitrogen and oxygen atoms in total. The normalized spacial score (nSPS) is 11.1. The lowest BCUT2D eigenvalue weighted by atomic mass is 10.1. The fourth-order valence-electron chi connectivity index (χ4n) is 2.02. The van der Waals surface area contributed by atoms with E-state index in [1.807, 2.05) is 30.3 Å². The standard InChI is InChI=1S/C18H18FNO2/c1-22-18(21)15(13-14-7-9-16(19)10-8-14)11-12-20-17-5-3-2-4-6-17/h2-10,13,20H,11-12H2,1H3/b15-13+. The molecular weight excluding hydrogens is 281 g/mol. The molecule has 2 aromatic carbocycles. The van der Waals surface area contributed by atoms with Crippen LogP contribution in [0.1, 0.15) is 12.0 Å². The largest absolute Gasteiger partial charge is 0.466 e. The topological polar surface area (TPSA) is 38.3 Å². The van der Waals surface area contributed by atoms with Crippen molar-refractivity contribution in [3.05, 3.63) is 71.6 Å². The highest BCUT2D eigenvalue weighted by Crippen LogP contribution is 2.13. The lowest BCUT2D eigenvalue weighted by molar-refractivity contribution is -0.136. The van der Waals surface area contributed by atoms with Gasteiger partial charge in [-0.3, -0.25) is 0 Å². The summed E-state index contributed by atoms with van der Waals surface area (Å²) in [4.78, 5) is 11.8. The van der Waals surface area contributed by atoms with E-state index in [0.717, 1.165) is 11.3 Å². The number of halogens is 1. The number of hydrogen-bond acceptors (Lipinski definition) is 3. The Morgan fingerprint density at radius 1 is 1.14 bits per heavy atom. The highest BCUT2D eigenvalue weighted by Gasteiger charge is 2.09. The molecule has 0 heterocycles. The van der Waals surface area contributed by atoms with Gasteiger partial charge in [0.15, 0.2) is 0 Å². The average Bonchev–Trinajstić information content (AvgIpc) is 2.56. The first-order valence-corrected chi connectivity index (χ1v) is 7.02. The van der Waals surface area contributed by atoms with Gasteiger partial charge in [0.25, 0.3) is 0 Å². The Morgan fingerprint density at radius 3 is 2.45 bits per heavy atom. The van der Waals surface area contributed by atoms with Crippen LogP contribution in [-0.4, -0.2) is 19.6 Å². The van der Waals surface area contributed by atoms with Crippen molar-refractivity contribution in [3.63, 3.8) is 0 Å². The van der Waals surface area contributed by atoms with Crippen molar-refractivity contribution in [3.8, 4) is 0 Å². The molecule has 0 saturated carbocycles. The van der Waals surface area contributed by atoms with Crippen LogP contribution in [0.25, 0.3) is 6.08 Å². The Kier molecular flexibility index (Phi) is 5.72. The molecule has 1 N–H and O–H groups in total. The minimum atomic E-state index is -0.376. The van der Waals surface area contributed by atoms with E-state index in [2.05, 4.69) is 5.32 Å². The molecule has 2 rings (SSSR count). The Morgan fingerprint density at radius 2 is 1.82 bits per heavy atom. The van der Waals surface area contributed by atoms with Gasteiger partial charge in [-0.2, -0.15) is 0 Å². The Labute approximate surface area is 129 Å². The molecule has 0 aliphatic heterocycles. The monoisotopic (exact) mass is 299 g/mol. The highest BCUT2D eigenvalue weighted by molar-refractivity contribution is 5.93. The average molecular weight is 299 g/mol. The van der Waals surface area contributed by atoms with Gasteiger partial charge in [-0.05, 0) is 42.3 Å². The molecule has 0 saturated heterocycles. The van der Waals surface area contributed by atoms with Crippen molar-refractivity contribution in [2.24, 2.45) is 0 Å². The third-order valence-corrected chi connectivity index (χ3v) is 3.16. The van der Waals surface area contributed by atoms with Crippen LogP contribution in [0.5, 0.6) is 0 Å². The third-order valence-electron chi connectivity index (χ3n) is 3.16. The Bertz CT molecular complexity index is 636. The Balaban J connectivity index is 2.03. The maximum atomic E-state index is 12.9. The van der Waals surface area contributed by atoms with Crippen LogP contribution < -0.4 is 5.32 Å². The van der Waals surface area contributed by atoms with Gasteiger partial charge in [0.05, 0.1) is 7.11 Å². The van der Waals surface area contributed by atoms with Crippen molar-refractivity contribution in [2.75, 3.05) is 19.0 Å². The lowest BCUT2D eigenvalue weighted by Gasteiger charge is -2.08. The van der Waals surface area contributed by atoms with Crippen LogP contribution >= 0.6 is 0 Å². The van der Waals surface area contributed by atoms with Crippen LogP contribution in [0.3, 0.4) is 0 Å². The number of hydrogen-bond donors (Lipinski definition) is 1. The molecular formula is C18H18FNO2. The second-order valence-electron chi connectivity index (χ2n) is 4.76. The van der Waals surface area contributed by atoms with E-state index < -0.39 is 0 Å². The van der Waals surface area contributed by atoms with Crippen LogP contribution in [-0.2, 0) is 9.53 Å². The number of nitrogens with one attached hydrogen (secondary N) is 1. The number of benzene rings is 2. The van der Waals surface area contributed by atoms with Crippen molar-refractivity contribution in [1.82, 2.24) is 0 Å². The third kappa shape index (κ3) is 4.74. The summed E-state index contributed by atoms with van der Waals surface area (Å²) in [6.07, 6.45) is 2.23. The summed E-state index contributed by atoms with van der Waals surface area (Å²) in [6.45, 7) is 0.603. The van der Waals surface area contributed by atoms with Crippen molar-refractivity contribution in [1.29, 1.82) is 0 Å². The molecule has 22 heavy (non-hydrogen) atoms. The molecule has 0 aliphatic carbocycles. The van der Waals surface area contributed by atoms with Crippen molar-refractivity contribution < 1.29 is 13.9 Å². The molecule has 0 aliphatic rings. The number of rotatable bonds is 6. The molecule has 0 fully saturated rings. The van der Waals surface area contributed by atoms with Gasteiger partial charge in [0.2, 0.25) is 0 Å². The molecule has 0 bridgehead atoms. The summed E-state index contributed by atoms with van der Waals surface area (Å²) in [5.41, 5.74) is 2.30. The molecule has 0 radical (unpaired) electrons. The van der Waals surface area contributed by atoms with Crippen LogP contribution in [0.2, 0.25) is 0 Å². The van der Waals surface area contributed by atoms with Crippen molar-refractivity contribution >= 4 is 17.7 Å². The zero-order valence-electron chi connectivity index (χ0n) is 12.4. The number of anilines is 1. The van der Waals surface area contributed by atoms with E-state index in [1.54, 1.807) is 18.2 Å². The summed E-state index contributed by atoms with van der Waals surface area (Å²) in [5, 5.41) is 3.24. The predicted octanol–water partition coefficient (Wildman–Crippen LogP) is 3.88. The summed E-state index contributed by atoms with van der Waals surface area (Å²) in [5.74, 6) is -0.679. The smallest absolute Gasteiger partial charge is 0.333 e. The molecule has 0 amide bonds. The van der Waals surface area contributed by atoms with Crippen LogP contribution in [0, 0.1) is 5.82 Å². The first kappa shape index (κ1) is 15.8. The lowest BCUT2D eigenvalue weighted by Crippen LogP contribution is -2.10. The quantitative estimate of drug-likeness (QED) is 0.649. The molecule has 0 atom stereocenters. The molecule has 0 aromatic heterocycles. The van der Waals surface area contributed by atoms with E-state index in [-0.39, 0.29) is 11.8 Å². The van der Waals surface area contributed by atoms with Gasteiger partial charge in [-0.25, -0.2) is 9.18 Å². The molecule has 114 valence electrons. The van der Waals surface area contributed by atoms with Gasteiger partial charge >= 0.3 is 5.97 Å². The predicted molar refractivity (Wildman–Crippen MR) is 85.9 cm³/mol. The van der Waals surface area contributed by atoms with Gasteiger partial charge in [-0.1, -0.05) is 30.3 Å². The minimum Gasteiger partial charge on any atom is -0.466 e. The number of methoxy groups -OCH3 is 1. The number of carbonyl (C=O) groups excluding carboxylic acids is 1. The molecule has 0 spiro atoms. The van der Waals surface area contributed by atoms with Gasteiger partial charge in [0, 0.05) is 17.8 Å². The second-order valence-corrected chi connectivity index (χ2v) is 4.76. The summed E-state index contributed by atoms with van der Waals surface area (Å²) in [7, 11) is 1.35. The number of para-hydroxylation sites is 1. The molecule has 0 unspecified atom stereocenters. The van der Waals surface area contributed by atoms with Gasteiger partial charge < -0.3 is 10.1 Å². The van der Waals surface area contributed by atoms with E-state index >= 15 is 0 Å². The fourth-order valence-corrected chi connectivity index (χ4v) is 2.02. The Hall–Kier alpha value is -2.62. The molecule has 4 heteroatoms. The summed E-state index contributed by atoms with van der Waals surface area (Å²) >= 11 is 0. The number of carbonyl (C=O) groups is 1. The highest BCUT2D eigenvalue weighted by atomic mass is 19.1. The van der Waals surface area contributed by atoms with Gasteiger partial charge in [0.1, 0.15) is 5.82 Å². The zero-order valence-corrected chi connectivity index (χ0v) is 12.4. The van der Waals surface area contributed by atoms with Crippen molar-refractivity contribution in [2.45, 2.75) is 6.42 Å². The fraction of sp³-hybridized carbons (Fsp3) is 0.167. The first-order chi connectivity index (χ1) is 10.7. The van der Waals surface area contributed by atoms with Gasteiger partial charge in [-0.15, -0.1) is 0 Å². The van der Waals surface area contributed by atoms with E-state index in [0.29, 0.717) is 18.5 Å².